The number of thioether (sulfide) groups is 1. The molecule has 1 amide bonds. The molecule has 3 rings (SSSR count). The molecule has 0 unspecified atom stereocenters. The fourth-order valence-corrected chi connectivity index (χ4v) is 3.24. The van der Waals surface area contributed by atoms with Gasteiger partial charge < -0.3 is 5.32 Å². The van der Waals surface area contributed by atoms with Crippen molar-refractivity contribution in [3.63, 3.8) is 0 Å². The van der Waals surface area contributed by atoms with Crippen molar-refractivity contribution in [3.8, 4) is 11.4 Å². The van der Waals surface area contributed by atoms with Gasteiger partial charge in [-0.15, -0.1) is 16.8 Å². The first-order chi connectivity index (χ1) is 13.1. The Bertz CT molecular complexity index is 929. The number of rotatable bonds is 7. The molecule has 0 saturated heterocycles. The van der Waals surface area contributed by atoms with Crippen molar-refractivity contribution in [2.24, 2.45) is 0 Å². The molecule has 3 aromatic rings. The molecular weight excluding hydrogens is 384 g/mol. The van der Waals surface area contributed by atoms with Crippen LogP contribution in [0.1, 0.15) is 6.92 Å². The van der Waals surface area contributed by atoms with Gasteiger partial charge in [0.25, 0.3) is 0 Å². The maximum absolute atomic E-state index is 12.5. The van der Waals surface area contributed by atoms with Crippen LogP contribution < -0.4 is 5.32 Å². The van der Waals surface area contributed by atoms with E-state index in [0.29, 0.717) is 28.4 Å². The zero-order valence-electron chi connectivity index (χ0n) is 14.5. The number of anilines is 1. The molecule has 1 atom stereocenters. The average Bonchev–Trinajstić information content (AvgIpc) is 3.07. The molecule has 7 nitrogen and oxygen atoms in total. The van der Waals surface area contributed by atoms with E-state index in [9.17, 15) is 4.79 Å². The number of allylic oxidation sites excluding steroid dienone is 1. The maximum Gasteiger partial charge on any atom is 0.238 e. The SMILES string of the molecule is C=CCn1c(S[C@H](C)C(=O)Nc2ccc(Cl)cn2)nnc1-c1ccncc1. The summed E-state index contributed by atoms with van der Waals surface area (Å²) < 4.78 is 1.91. The van der Waals surface area contributed by atoms with Crippen LogP contribution in [-0.2, 0) is 11.3 Å². The smallest absolute Gasteiger partial charge is 0.238 e. The van der Waals surface area contributed by atoms with E-state index in [2.05, 4.69) is 32.1 Å². The molecule has 3 aromatic heterocycles. The summed E-state index contributed by atoms with van der Waals surface area (Å²) in [7, 11) is 0. The van der Waals surface area contributed by atoms with Crippen LogP contribution in [0.3, 0.4) is 0 Å². The van der Waals surface area contributed by atoms with Crippen LogP contribution in [0.15, 0.2) is 60.7 Å². The number of amides is 1. The van der Waals surface area contributed by atoms with Crippen molar-refractivity contribution >= 4 is 35.1 Å². The summed E-state index contributed by atoms with van der Waals surface area (Å²) in [6.45, 7) is 6.12. The Morgan fingerprint density at radius 2 is 2.11 bits per heavy atom. The summed E-state index contributed by atoms with van der Waals surface area (Å²) in [5, 5.41) is 12.0. The van der Waals surface area contributed by atoms with E-state index >= 15 is 0 Å². The van der Waals surface area contributed by atoms with E-state index in [-0.39, 0.29) is 5.91 Å². The Kier molecular flexibility index (Phi) is 6.20. The number of halogens is 1. The third-order valence-corrected chi connectivity index (χ3v) is 4.90. The van der Waals surface area contributed by atoms with E-state index in [1.165, 1.54) is 18.0 Å². The molecule has 0 aromatic carbocycles. The maximum atomic E-state index is 12.5. The van der Waals surface area contributed by atoms with E-state index in [0.717, 1.165) is 5.56 Å². The monoisotopic (exact) mass is 400 g/mol. The fourth-order valence-electron chi connectivity index (χ4n) is 2.27. The summed E-state index contributed by atoms with van der Waals surface area (Å²) in [6, 6.07) is 7.05. The van der Waals surface area contributed by atoms with Crippen molar-refractivity contribution < 1.29 is 4.79 Å². The standard InChI is InChI=1S/C18H17ClN6OS/c1-3-10-25-16(13-6-8-20-9-7-13)23-24-18(25)27-12(2)17(26)22-15-5-4-14(19)11-21-15/h3-9,11-12H,1,10H2,2H3,(H,21,22,26)/t12-/m1/s1. The van der Waals surface area contributed by atoms with Gasteiger partial charge >= 0.3 is 0 Å². The number of carbonyl (C=O) groups is 1. The summed E-state index contributed by atoms with van der Waals surface area (Å²) in [6.07, 6.45) is 6.64. The van der Waals surface area contributed by atoms with Crippen LogP contribution in [0, 0.1) is 0 Å². The fraction of sp³-hybridized carbons (Fsp3) is 0.167. The van der Waals surface area contributed by atoms with Gasteiger partial charge in [0.1, 0.15) is 5.82 Å². The first-order valence-electron chi connectivity index (χ1n) is 8.12. The first kappa shape index (κ1) is 19.1. The Balaban J connectivity index is 1.76. The predicted molar refractivity (Wildman–Crippen MR) is 107 cm³/mol. The second-order valence-electron chi connectivity index (χ2n) is 5.55. The minimum Gasteiger partial charge on any atom is -0.310 e. The lowest BCUT2D eigenvalue weighted by Crippen LogP contribution is -2.23. The van der Waals surface area contributed by atoms with Crippen LogP contribution in [0.5, 0.6) is 0 Å². The quantitative estimate of drug-likeness (QED) is 0.480. The second-order valence-corrected chi connectivity index (χ2v) is 7.30. The molecule has 0 fully saturated rings. The zero-order chi connectivity index (χ0) is 19.2. The van der Waals surface area contributed by atoms with Crippen molar-refractivity contribution in [1.29, 1.82) is 0 Å². The van der Waals surface area contributed by atoms with Crippen LogP contribution >= 0.6 is 23.4 Å². The number of nitrogens with zero attached hydrogens (tertiary/aromatic N) is 5. The second kappa shape index (κ2) is 8.79. The molecule has 0 aliphatic heterocycles. The number of carbonyl (C=O) groups excluding carboxylic acids is 1. The van der Waals surface area contributed by atoms with E-state index < -0.39 is 5.25 Å². The molecule has 0 bridgehead atoms. The molecule has 0 aliphatic rings. The Hall–Kier alpha value is -2.71. The molecule has 3 heterocycles. The topological polar surface area (TPSA) is 85.6 Å². The summed E-state index contributed by atoms with van der Waals surface area (Å²) in [4.78, 5) is 20.6. The Morgan fingerprint density at radius 3 is 2.78 bits per heavy atom. The number of nitrogens with one attached hydrogen (secondary N) is 1. The van der Waals surface area contributed by atoms with Gasteiger partial charge in [-0.2, -0.15) is 0 Å². The van der Waals surface area contributed by atoms with Crippen LogP contribution in [-0.4, -0.2) is 35.9 Å². The van der Waals surface area contributed by atoms with E-state index in [1.54, 1.807) is 37.5 Å². The van der Waals surface area contributed by atoms with Crippen molar-refractivity contribution in [1.82, 2.24) is 24.7 Å². The third-order valence-electron chi connectivity index (χ3n) is 3.60. The van der Waals surface area contributed by atoms with Crippen LogP contribution in [0.4, 0.5) is 5.82 Å². The number of aromatic nitrogens is 5. The van der Waals surface area contributed by atoms with Gasteiger partial charge in [0, 0.05) is 30.7 Å². The highest BCUT2D eigenvalue weighted by atomic mass is 35.5. The van der Waals surface area contributed by atoms with Gasteiger partial charge in [0.05, 0.1) is 10.3 Å². The minimum atomic E-state index is -0.402. The lowest BCUT2D eigenvalue weighted by Gasteiger charge is -2.12. The minimum absolute atomic E-state index is 0.187. The highest BCUT2D eigenvalue weighted by Crippen LogP contribution is 2.27. The zero-order valence-corrected chi connectivity index (χ0v) is 16.1. The van der Waals surface area contributed by atoms with Crippen molar-refractivity contribution in [2.45, 2.75) is 23.9 Å². The molecule has 1 N–H and O–H groups in total. The molecule has 27 heavy (non-hydrogen) atoms. The number of hydrogen-bond acceptors (Lipinski definition) is 6. The van der Waals surface area contributed by atoms with Gasteiger partial charge in [-0.05, 0) is 31.2 Å². The van der Waals surface area contributed by atoms with Crippen LogP contribution in [0.25, 0.3) is 11.4 Å². The van der Waals surface area contributed by atoms with Gasteiger partial charge in [-0.25, -0.2) is 4.98 Å². The van der Waals surface area contributed by atoms with Crippen LogP contribution in [0.2, 0.25) is 5.02 Å². The van der Waals surface area contributed by atoms with Gasteiger partial charge in [-0.1, -0.05) is 29.4 Å². The Morgan fingerprint density at radius 1 is 1.33 bits per heavy atom. The van der Waals surface area contributed by atoms with Gasteiger partial charge in [0.2, 0.25) is 5.91 Å². The average molecular weight is 401 g/mol. The molecule has 0 aliphatic carbocycles. The highest BCUT2D eigenvalue weighted by molar-refractivity contribution is 8.00. The first-order valence-corrected chi connectivity index (χ1v) is 9.38. The van der Waals surface area contributed by atoms with Gasteiger partial charge in [0.15, 0.2) is 11.0 Å². The molecular formula is C18H17ClN6OS. The summed E-state index contributed by atoms with van der Waals surface area (Å²) >= 11 is 7.12. The Labute approximate surface area is 165 Å². The normalized spacial score (nSPS) is 11.8. The highest BCUT2D eigenvalue weighted by Gasteiger charge is 2.20. The van der Waals surface area contributed by atoms with Crippen molar-refractivity contribution in [2.75, 3.05) is 5.32 Å². The molecule has 0 spiro atoms. The lowest BCUT2D eigenvalue weighted by atomic mass is 10.2. The van der Waals surface area contributed by atoms with E-state index in [4.69, 9.17) is 11.6 Å². The molecule has 0 saturated carbocycles. The predicted octanol–water partition coefficient (Wildman–Crippen LogP) is 3.69. The number of pyridine rings is 2. The number of hydrogen-bond donors (Lipinski definition) is 1. The molecule has 138 valence electrons. The largest absolute Gasteiger partial charge is 0.310 e. The van der Waals surface area contributed by atoms with E-state index in [1.807, 2.05) is 16.7 Å². The molecule has 9 heteroatoms. The van der Waals surface area contributed by atoms with Crippen molar-refractivity contribution in [3.05, 3.63) is 60.5 Å². The van der Waals surface area contributed by atoms with Gasteiger partial charge in [-0.3, -0.25) is 14.3 Å². The third kappa shape index (κ3) is 4.72. The summed E-state index contributed by atoms with van der Waals surface area (Å²) in [5.41, 5.74) is 0.897. The summed E-state index contributed by atoms with van der Waals surface area (Å²) in [5.74, 6) is 0.960. The molecule has 0 radical (unpaired) electrons. The lowest BCUT2D eigenvalue weighted by molar-refractivity contribution is -0.115.